The average molecular weight is 359 g/mol. The van der Waals surface area contributed by atoms with Gasteiger partial charge in [-0.05, 0) is 24.3 Å². The Morgan fingerprint density at radius 2 is 2.04 bits per heavy atom. The monoisotopic (exact) mass is 359 g/mol. The summed E-state index contributed by atoms with van der Waals surface area (Å²) in [5, 5.41) is 8.89. The van der Waals surface area contributed by atoms with Crippen LogP contribution in [0.2, 0.25) is 0 Å². The van der Waals surface area contributed by atoms with Crippen LogP contribution in [-0.4, -0.2) is 27.9 Å². The smallest absolute Gasteiger partial charge is 0.450 e. The van der Waals surface area contributed by atoms with Gasteiger partial charge in [-0.3, -0.25) is 4.79 Å². The summed E-state index contributed by atoms with van der Waals surface area (Å²) in [6.45, 7) is 2.71. The number of hydrogen-bond acceptors (Lipinski definition) is 4. The number of rotatable bonds is 6. The van der Waals surface area contributed by atoms with Crippen molar-refractivity contribution in [3.05, 3.63) is 52.8 Å². The summed E-state index contributed by atoms with van der Waals surface area (Å²) in [4.78, 5) is 24.8. The third-order valence-electron chi connectivity index (χ3n) is 4.47. The van der Waals surface area contributed by atoms with E-state index in [4.69, 9.17) is 9.84 Å². The van der Waals surface area contributed by atoms with Gasteiger partial charge in [0.05, 0.1) is 5.69 Å². The van der Waals surface area contributed by atoms with Gasteiger partial charge in [0, 0.05) is 23.4 Å². The van der Waals surface area contributed by atoms with E-state index in [1.807, 2.05) is 41.2 Å². The van der Waals surface area contributed by atoms with Crippen LogP contribution in [0.15, 0.2) is 35.2 Å². The first-order valence-electron chi connectivity index (χ1n) is 8.35. The van der Waals surface area contributed by atoms with E-state index in [0.29, 0.717) is 24.2 Å². The SMILES string of the molecule is CCCc1ccc(C(=O)c2c(SC)cc3n2CCC3OC(=O)O)cc1. The Balaban J connectivity index is 1.94. The van der Waals surface area contributed by atoms with E-state index >= 15 is 0 Å². The number of ketones is 1. The molecule has 0 amide bonds. The molecule has 0 fully saturated rings. The van der Waals surface area contributed by atoms with Gasteiger partial charge in [0.2, 0.25) is 5.78 Å². The number of hydrogen-bond donors (Lipinski definition) is 1. The van der Waals surface area contributed by atoms with Gasteiger partial charge in [0.15, 0.2) is 0 Å². The minimum absolute atomic E-state index is 0.0328. The van der Waals surface area contributed by atoms with Crippen LogP contribution in [0.4, 0.5) is 4.79 Å². The van der Waals surface area contributed by atoms with E-state index in [2.05, 4.69) is 6.92 Å². The van der Waals surface area contributed by atoms with Crippen LogP contribution in [0.5, 0.6) is 0 Å². The van der Waals surface area contributed by atoms with Gasteiger partial charge >= 0.3 is 6.16 Å². The molecule has 25 heavy (non-hydrogen) atoms. The Morgan fingerprint density at radius 1 is 1.32 bits per heavy atom. The summed E-state index contributed by atoms with van der Waals surface area (Å²) in [5.41, 5.74) is 3.26. The summed E-state index contributed by atoms with van der Waals surface area (Å²) < 4.78 is 6.86. The third-order valence-corrected chi connectivity index (χ3v) is 5.22. The van der Waals surface area contributed by atoms with E-state index in [-0.39, 0.29) is 5.78 Å². The highest BCUT2D eigenvalue weighted by Gasteiger charge is 2.32. The molecule has 0 saturated heterocycles. The standard InChI is InChI=1S/C19H21NO4S/c1-3-4-12-5-7-13(8-6-12)18(21)17-16(25-2)11-14-15(24-19(22)23)9-10-20(14)17/h5-8,11,15H,3-4,9-10H2,1-2H3,(H,22,23). The number of carboxylic acid groups (broad SMARTS) is 1. The van der Waals surface area contributed by atoms with Crippen molar-refractivity contribution < 1.29 is 19.4 Å². The molecule has 2 aromatic rings. The van der Waals surface area contributed by atoms with Crippen molar-refractivity contribution in [2.24, 2.45) is 0 Å². The molecule has 1 aromatic heterocycles. The van der Waals surface area contributed by atoms with Crippen molar-refractivity contribution >= 4 is 23.7 Å². The summed E-state index contributed by atoms with van der Waals surface area (Å²) in [7, 11) is 0. The molecule has 0 radical (unpaired) electrons. The molecule has 1 unspecified atom stereocenters. The lowest BCUT2D eigenvalue weighted by Gasteiger charge is -2.08. The maximum absolute atomic E-state index is 13.1. The quantitative estimate of drug-likeness (QED) is 0.466. The summed E-state index contributed by atoms with van der Waals surface area (Å²) in [6.07, 6.45) is 2.76. The van der Waals surface area contributed by atoms with Gasteiger partial charge in [-0.2, -0.15) is 0 Å². The topological polar surface area (TPSA) is 68.5 Å². The number of thioether (sulfide) groups is 1. The molecular weight excluding hydrogens is 338 g/mol. The van der Waals surface area contributed by atoms with Gasteiger partial charge in [0.25, 0.3) is 0 Å². The normalized spacial score (nSPS) is 15.8. The molecule has 2 heterocycles. The molecule has 0 bridgehead atoms. The zero-order chi connectivity index (χ0) is 18.0. The van der Waals surface area contributed by atoms with E-state index in [1.165, 1.54) is 17.3 Å². The molecule has 0 spiro atoms. The van der Waals surface area contributed by atoms with E-state index in [0.717, 1.165) is 23.4 Å². The first-order chi connectivity index (χ1) is 12.0. The molecule has 6 heteroatoms. The lowest BCUT2D eigenvalue weighted by Crippen LogP contribution is -2.10. The molecule has 5 nitrogen and oxygen atoms in total. The lowest BCUT2D eigenvalue weighted by molar-refractivity contribution is 0.0518. The summed E-state index contributed by atoms with van der Waals surface area (Å²) >= 11 is 1.49. The van der Waals surface area contributed by atoms with Gasteiger partial charge in [0.1, 0.15) is 11.8 Å². The highest BCUT2D eigenvalue weighted by atomic mass is 32.2. The molecule has 0 aliphatic carbocycles. The van der Waals surface area contributed by atoms with Crippen LogP contribution in [0, 0.1) is 0 Å². The van der Waals surface area contributed by atoms with E-state index in [1.54, 1.807) is 0 Å². The van der Waals surface area contributed by atoms with Crippen LogP contribution in [0.1, 0.15) is 53.2 Å². The summed E-state index contributed by atoms with van der Waals surface area (Å²) in [6, 6.07) is 9.62. The van der Waals surface area contributed by atoms with Crippen molar-refractivity contribution in [1.82, 2.24) is 4.57 Å². The fourth-order valence-corrected chi connectivity index (χ4v) is 3.96. The van der Waals surface area contributed by atoms with Crippen LogP contribution >= 0.6 is 11.8 Å². The van der Waals surface area contributed by atoms with Crippen LogP contribution in [0.25, 0.3) is 0 Å². The number of nitrogens with zero attached hydrogens (tertiary/aromatic N) is 1. The molecular formula is C19H21NO4S. The molecule has 1 aliphatic rings. The third kappa shape index (κ3) is 3.44. The van der Waals surface area contributed by atoms with Crippen molar-refractivity contribution in [2.75, 3.05) is 6.26 Å². The average Bonchev–Trinajstić information content (AvgIpc) is 3.14. The van der Waals surface area contributed by atoms with Crippen LogP contribution in [0.3, 0.4) is 0 Å². The molecule has 132 valence electrons. The Kier molecular flexibility index (Phi) is 5.18. The highest BCUT2D eigenvalue weighted by Crippen LogP contribution is 2.37. The second kappa shape index (κ2) is 7.35. The number of fused-ring (bicyclic) bond motifs is 1. The zero-order valence-corrected chi connectivity index (χ0v) is 15.1. The van der Waals surface area contributed by atoms with E-state index < -0.39 is 12.3 Å². The molecule has 1 atom stereocenters. The Hall–Kier alpha value is -2.21. The number of aryl methyl sites for hydroxylation is 1. The van der Waals surface area contributed by atoms with Crippen LogP contribution in [-0.2, 0) is 17.7 Å². The minimum atomic E-state index is -1.29. The Morgan fingerprint density at radius 3 is 2.64 bits per heavy atom. The zero-order valence-electron chi connectivity index (χ0n) is 14.3. The fraction of sp³-hybridized carbons (Fsp3) is 0.368. The second-order valence-electron chi connectivity index (χ2n) is 6.07. The lowest BCUT2D eigenvalue weighted by atomic mass is 10.0. The number of carbonyl (C=O) groups excluding carboxylic acids is 1. The highest BCUT2D eigenvalue weighted by molar-refractivity contribution is 7.98. The van der Waals surface area contributed by atoms with Gasteiger partial charge in [-0.15, -0.1) is 11.8 Å². The molecule has 1 aromatic carbocycles. The Bertz CT molecular complexity index is 795. The number of ether oxygens (including phenoxy) is 1. The molecule has 1 N–H and O–H groups in total. The van der Waals surface area contributed by atoms with Gasteiger partial charge in [-0.1, -0.05) is 37.6 Å². The number of aromatic nitrogens is 1. The first kappa shape index (κ1) is 17.6. The number of benzene rings is 1. The van der Waals surface area contributed by atoms with Crippen molar-refractivity contribution in [3.63, 3.8) is 0 Å². The molecule has 3 rings (SSSR count). The molecule has 1 aliphatic heterocycles. The maximum atomic E-state index is 13.1. The van der Waals surface area contributed by atoms with Gasteiger partial charge < -0.3 is 14.4 Å². The minimum Gasteiger partial charge on any atom is -0.450 e. The first-order valence-corrected chi connectivity index (χ1v) is 9.58. The predicted octanol–water partition coefficient (Wildman–Crippen LogP) is 4.53. The van der Waals surface area contributed by atoms with Crippen molar-refractivity contribution in [3.8, 4) is 0 Å². The fourth-order valence-electron chi connectivity index (χ4n) is 3.32. The van der Waals surface area contributed by atoms with Crippen molar-refractivity contribution in [2.45, 2.75) is 43.7 Å². The van der Waals surface area contributed by atoms with E-state index in [9.17, 15) is 9.59 Å². The van der Waals surface area contributed by atoms with Crippen molar-refractivity contribution in [1.29, 1.82) is 0 Å². The molecule has 0 saturated carbocycles. The number of carbonyl (C=O) groups is 2. The van der Waals surface area contributed by atoms with Gasteiger partial charge in [-0.25, -0.2) is 4.79 Å². The summed E-state index contributed by atoms with van der Waals surface area (Å²) in [5.74, 6) is -0.0328. The Labute approximate surface area is 151 Å². The predicted molar refractivity (Wildman–Crippen MR) is 96.6 cm³/mol. The van der Waals surface area contributed by atoms with Crippen LogP contribution < -0.4 is 0 Å². The largest absolute Gasteiger partial charge is 0.506 e. The second-order valence-corrected chi connectivity index (χ2v) is 6.92. The maximum Gasteiger partial charge on any atom is 0.506 e.